The van der Waals surface area contributed by atoms with Crippen LogP contribution in [0.5, 0.6) is 0 Å². The van der Waals surface area contributed by atoms with Crippen LogP contribution in [0.2, 0.25) is 0 Å². The van der Waals surface area contributed by atoms with E-state index < -0.39 is 16.0 Å². The van der Waals surface area contributed by atoms with Crippen molar-refractivity contribution < 1.29 is 22.7 Å². The van der Waals surface area contributed by atoms with Crippen LogP contribution < -0.4 is 10.0 Å². The number of rotatable bonds is 6. The minimum Gasteiger partial charge on any atom is -0.465 e. The zero-order valence-corrected chi connectivity index (χ0v) is 17.3. The molecule has 150 valence electrons. The summed E-state index contributed by atoms with van der Waals surface area (Å²) in [6.45, 7) is 1.36. The van der Waals surface area contributed by atoms with Crippen LogP contribution in [-0.2, 0) is 19.6 Å². The lowest BCUT2D eigenvalue weighted by atomic mass is 10.2. The number of esters is 1. The molecule has 0 aliphatic rings. The van der Waals surface area contributed by atoms with Crippen molar-refractivity contribution in [2.24, 2.45) is 0 Å². The van der Waals surface area contributed by atoms with Crippen LogP contribution in [0.3, 0.4) is 0 Å². The van der Waals surface area contributed by atoms with Gasteiger partial charge in [0, 0.05) is 17.5 Å². The molecule has 0 aliphatic heterocycles. The molecule has 29 heavy (non-hydrogen) atoms. The number of nitrogens with one attached hydrogen (secondary N) is 2. The highest BCUT2D eigenvalue weighted by atomic mass is 32.2. The van der Waals surface area contributed by atoms with Gasteiger partial charge in [0.2, 0.25) is 5.91 Å². The lowest BCUT2D eigenvalue weighted by molar-refractivity contribution is -0.114. The second-order valence-corrected chi connectivity index (χ2v) is 8.76. The first kappa shape index (κ1) is 20.6. The van der Waals surface area contributed by atoms with Gasteiger partial charge in [0.25, 0.3) is 10.0 Å². The van der Waals surface area contributed by atoms with Crippen molar-refractivity contribution >= 4 is 44.6 Å². The molecule has 0 atom stereocenters. The Labute approximate surface area is 172 Å². The van der Waals surface area contributed by atoms with E-state index in [1.54, 1.807) is 6.07 Å². The molecule has 0 unspecified atom stereocenters. The van der Waals surface area contributed by atoms with Crippen molar-refractivity contribution in [3.05, 3.63) is 65.5 Å². The fourth-order valence-corrected chi connectivity index (χ4v) is 4.74. The fourth-order valence-electron chi connectivity index (χ4n) is 2.58. The molecule has 0 spiro atoms. The maximum atomic E-state index is 12.8. The lowest BCUT2D eigenvalue weighted by Crippen LogP contribution is -2.15. The van der Waals surface area contributed by atoms with Gasteiger partial charge in [-0.3, -0.25) is 9.52 Å². The molecule has 9 heteroatoms. The van der Waals surface area contributed by atoms with E-state index in [9.17, 15) is 18.0 Å². The molecule has 2 aromatic carbocycles. The first-order valence-electron chi connectivity index (χ1n) is 8.48. The van der Waals surface area contributed by atoms with Gasteiger partial charge < -0.3 is 10.1 Å². The fraction of sp³-hybridized carbons (Fsp3) is 0.100. The third-order valence-electron chi connectivity index (χ3n) is 3.89. The number of carbonyl (C=O) groups excluding carboxylic acids is 2. The number of thiophene rings is 1. The Kier molecular flexibility index (Phi) is 6.00. The summed E-state index contributed by atoms with van der Waals surface area (Å²) in [5, 5.41) is 2.57. The number of sulfonamides is 1. The number of hydrogen-bond donors (Lipinski definition) is 2. The number of carbonyl (C=O) groups is 2. The Hall–Kier alpha value is -3.17. The van der Waals surface area contributed by atoms with Gasteiger partial charge in [-0.2, -0.15) is 0 Å². The number of amides is 1. The lowest BCUT2D eigenvalue weighted by Gasteiger charge is -2.09. The predicted molar refractivity (Wildman–Crippen MR) is 113 cm³/mol. The van der Waals surface area contributed by atoms with Gasteiger partial charge >= 0.3 is 5.97 Å². The van der Waals surface area contributed by atoms with Crippen molar-refractivity contribution in [2.75, 3.05) is 17.1 Å². The monoisotopic (exact) mass is 430 g/mol. The highest BCUT2D eigenvalue weighted by Gasteiger charge is 2.23. The van der Waals surface area contributed by atoms with E-state index in [0.717, 1.165) is 21.8 Å². The SMILES string of the molecule is COC(=O)c1sc(-c2ccccc2)cc1NS(=O)(=O)c1ccc(NC(C)=O)cc1. The van der Waals surface area contributed by atoms with E-state index in [1.165, 1.54) is 38.3 Å². The molecule has 0 fully saturated rings. The maximum Gasteiger partial charge on any atom is 0.350 e. The molecule has 0 bridgehead atoms. The quantitative estimate of drug-likeness (QED) is 0.577. The highest BCUT2D eigenvalue weighted by molar-refractivity contribution is 7.92. The van der Waals surface area contributed by atoms with Crippen LogP contribution in [0.1, 0.15) is 16.6 Å². The van der Waals surface area contributed by atoms with Gasteiger partial charge in [0.05, 0.1) is 17.7 Å². The average Bonchev–Trinajstić information content (AvgIpc) is 3.11. The van der Waals surface area contributed by atoms with Crippen LogP contribution in [0.25, 0.3) is 10.4 Å². The summed E-state index contributed by atoms with van der Waals surface area (Å²) in [6, 6.07) is 16.6. The van der Waals surface area contributed by atoms with Crippen molar-refractivity contribution in [3.63, 3.8) is 0 Å². The number of ether oxygens (including phenoxy) is 1. The zero-order chi connectivity index (χ0) is 21.0. The molecule has 0 saturated heterocycles. The van der Waals surface area contributed by atoms with Gasteiger partial charge in [0.15, 0.2) is 0 Å². The Balaban J connectivity index is 1.94. The molecule has 0 radical (unpaired) electrons. The van der Waals surface area contributed by atoms with Crippen LogP contribution in [0.15, 0.2) is 65.6 Å². The largest absolute Gasteiger partial charge is 0.465 e. The smallest absolute Gasteiger partial charge is 0.350 e. The van der Waals surface area contributed by atoms with Gasteiger partial charge in [-0.05, 0) is 35.9 Å². The number of anilines is 2. The summed E-state index contributed by atoms with van der Waals surface area (Å²) in [5.41, 5.74) is 1.48. The van der Waals surface area contributed by atoms with Crippen LogP contribution >= 0.6 is 11.3 Å². The van der Waals surface area contributed by atoms with Crippen LogP contribution in [0, 0.1) is 0 Å². The summed E-state index contributed by atoms with van der Waals surface area (Å²) in [7, 11) is -2.72. The minimum atomic E-state index is -3.96. The van der Waals surface area contributed by atoms with Gasteiger partial charge in [0.1, 0.15) is 4.88 Å². The van der Waals surface area contributed by atoms with Gasteiger partial charge in [-0.1, -0.05) is 30.3 Å². The molecular weight excluding hydrogens is 412 g/mol. The van der Waals surface area contributed by atoms with Crippen molar-refractivity contribution in [1.82, 2.24) is 0 Å². The summed E-state index contributed by atoms with van der Waals surface area (Å²) in [6.07, 6.45) is 0. The van der Waals surface area contributed by atoms with E-state index >= 15 is 0 Å². The molecule has 1 heterocycles. The van der Waals surface area contributed by atoms with Crippen molar-refractivity contribution in [2.45, 2.75) is 11.8 Å². The first-order valence-corrected chi connectivity index (χ1v) is 10.8. The Morgan fingerprint density at radius 2 is 1.66 bits per heavy atom. The Bertz CT molecular complexity index is 1140. The third kappa shape index (κ3) is 4.82. The normalized spacial score (nSPS) is 11.0. The Morgan fingerprint density at radius 1 is 1.00 bits per heavy atom. The molecule has 0 saturated carbocycles. The topological polar surface area (TPSA) is 102 Å². The third-order valence-corrected chi connectivity index (χ3v) is 6.44. The number of methoxy groups -OCH3 is 1. The summed E-state index contributed by atoms with van der Waals surface area (Å²) in [4.78, 5) is 24.1. The van der Waals surface area contributed by atoms with Crippen molar-refractivity contribution in [1.29, 1.82) is 0 Å². The minimum absolute atomic E-state index is 0.00474. The number of benzene rings is 2. The van der Waals surface area contributed by atoms with Gasteiger partial charge in [-0.15, -0.1) is 11.3 Å². The molecule has 7 nitrogen and oxygen atoms in total. The summed E-state index contributed by atoms with van der Waals surface area (Å²) < 4.78 is 32.9. The van der Waals surface area contributed by atoms with E-state index in [2.05, 4.69) is 10.0 Å². The molecule has 0 aliphatic carbocycles. The second-order valence-electron chi connectivity index (χ2n) is 6.02. The zero-order valence-electron chi connectivity index (χ0n) is 15.6. The van der Waals surface area contributed by atoms with Crippen molar-refractivity contribution in [3.8, 4) is 10.4 Å². The van der Waals surface area contributed by atoms with E-state index in [-0.39, 0.29) is 21.4 Å². The maximum absolute atomic E-state index is 12.8. The predicted octanol–water partition coefficient (Wildman–Crippen LogP) is 3.96. The van der Waals surface area contributed by atoms with Crippen LogP contribution in [-0.4, -0.2) is 27.4 Å². The summed E-state index contributed by atoms with van der Waals surface area (Å²) >= 11 is 1.14. The Morgan fingerprint density at radius 3 is 2.24 bits per heavy atom. The molecule has 1 aromatic heterocycles. The number of hydrogen-bond acceptors (Lipinski definition) is 6. The average molecular weight is 431 g/mol. The highest BCUT2D eigenvalue weighted by Crippen LogP contribution is 2.36. The molecular formula is C20H18N2O5S2. The summed E-state index contributed by atoms with van der Waals surface area (Å²) in [5.74, 6) is -0.885. The molecule has 3 aromatic rings. The van der Waals surface area contributed by atoms with E-state index in [0.29, 0.717) is 5.69 Å². The molecule has 3 rings (SSSR count). The van der Waals surface area contributed by atoms with Crippen LogP contribution in [0.4, 0.5) is 11.4 Å². The second kappa shape index (κ2) is 8.46. The van der Waals surface area contributed by atoms with E-state index in [4.69, 9.17) is 4.74 Å². The first-order chi connectivity index (χ1) is 13.8. The standard InChI is InChI=1S/C20H18N2O5S2/c1-13(23)21-15-8-10-16(11-9-15)29(25,26)22-17-12-18(14-6-4-3-5-7-14)28-19(17)20(24)27-2/h3-12,22H,1-2H3,(H,21,23). The van der Waals surface area contributed by atoms with E-state index in [1.807, 2.05) is 30.3 Å². The molecule has 2 N–H and O–H groups in total. The van der Waals surface area contributed by atoms with Gasteiger partial charge in [-0.25, -0.2) is 13.2 Å². The molecule has 1 amide bonds.